The van der Waals surface area contributed by atoms with Crippen LogP contribution < -0.4 is 10.1 Å². The highest BCUT2D eigenvalue weighted by molar-refractivity contribution is 6.12. The van der Waals surface area contributed by atoms with Gasteiger partial charge >= 0.3 is 0 Å². The van der Waals surface area contributed by atoms with Crippen molar-refractivity contribution in [2.45, 2.75) is 46.8 Å². The normalized spacial score (nSPS) is 11.4. The number of hydrogen-bond donors (Lipinski definition) is 1. The Balaban J connectivity index is 2.02. The molecule has 0 radical (unpaired) electrons. The maximum Gasteiger partial charge on any atom is 0.255 e. The second-order valence-electron chi connectivity index (χ2n) is 8.09. The van der Waals surface area contributed by atoms with Gasteiger partial charge in [0.15, 0.2) is 0 Å². The van der Waals surface area contributed by atoms with Crippen LogP contribution in [0.5, 0.6) is 5.75 Å². The number of hydrogen-bond acceptors (Lipinski definition) is 4. The number of carbonyl (C=O) groups is 1. The molecular weight excluding hydrogens is 421 g/mol. The van der Waals surface area contributed by atoms with Crippen LogP contribution in [0.25, 0.3) is 33.6 Å². The fourth-order valence-corrected chi connectivity index (χ4v) is 3.93. The highest BCUT2D eigenvalue weighted by Crippen LogP contribution is 2.41. The summed E-state index contributed by atoms with van der Waals surface area (Å²) < 4.78 is 27.8. The van der Waals surface area contributed by atoms with Crippen molar-refractivity contribution >= 4 is 16.9 Å². The molecule has 2 heterocycles. The van der Waals surface area contributed by atoms with Crippen molar-refractivity contribution < 1.29 is 18.3 Å². The standard InChI is InChI=1S/C26H28FN3O3/c1-6-18-12-21(30(7-2)29-18)19-13-23-20(14-22(19)32-15(3)4)24(26(31)28-5)25(33-23)16-8-10-17(27)11-9-16/h8-15H,6-7H2,1-5H3,(H,28,31). The Bertz CT molecular complexity index is 1300. The SMILES string of the molecule is CCc1cc(-c2cc3oc(-c4ccc(F)cc4)c(C(=O)NC)c3cc2OC(C)C)n(CC)n1. The van der Waals surface area contributed by atoms with Crippen molar-refractivity contribution in [3.05, 3.63) is 59.5 Å². The van der Waals surface area contributed by atoms with Gasteiger partial charge in [0.05, 0.1) is 23.1 Å². The quantitative estimate of drug-likeness (QED) is 0.385. The molecule has 0 aliphatic carbocycles. The number of benzene rings is 2. The summed E-state index contributed by atoms with van der Waals surface area (Å²) in [6, 6.07) is 11.7. The molecule has 2 aromatic carbocycles. The molecule has 6 nitrogen and oxygen atoms in total. The Morgan fingerprint density at radius 1 is 1.18 bits per heavy atom. The number of carbonyl (C=O) groups excluding carboxylic acids is 1. The summed E-state index contributed by atoms with van der Waals surface area (Å²) in [6.07, 6.45) is 0.746. The van der Waals surface area contributed by atoms with E-state index in [1.807, 2.05) is 37.6 Å². The van der Waals surface area contributed by atoms with Crippen LogP contribution >= 0.6 is 0 Å². The Kier molecular flexibility index (Phi) is 6.22. The number of halogens is 1. The topological polar surface area (TPSA) is 69.3 Å². The van der Waals surface area contributed by atoms with E-state index in [9.17, 15) is 9.18 Å². The largest absolute Gasteiger partial charge is 0.490 e. The summed E-state index contributed by atoms with van der Waals surface area (Å²) in [5.74, 6) is 0.385. The van der Waals surface area contributed by atoms with Crippen molar-refractivity contribution in [2.24, 2.45) is 0 Å². The number of amides is 1. The van der Waals surface area contributed by atoms with Gasteiger partial charge in [0, 0.05) is 30.1 Å². The van der Waals surface area contributed by atoms with Crippen molar-refractivity contribution in [3.8, 4) is 28.3 Å². The third-order valence-electron chi connectivity index (χ3n) is 5.48. The Labute approximate surface area is 192 Å². The van der Waals surface area contributed by atoms with E-state index >= 15 is 0 Å². The maximum absolute atomic E-state index is 13.5. The first kappa shape index (κ1) is 22.6. The number of aromatic nitrogens is 2. The molecule has 0 bridgehead atoms. The Morgan fingerprint density at radius 2 is 1.91 bits per heavy atom. The number of furan rings is 1. The lowest BCUT2D eigenvalue weighted by Crippen LogP contribution is -2.18. The van der Waals surface area contributed by atoms with Gasteiger partial charge in [-0.15, -0.1) is 0 Å². The van der Waals surface area contributed by atoms with Gasteiger partial charge in [-0.1, -0.05) is 6.92 Å². The van der Waals surface area contributed by atoms with E-state index < -0.39 is 0 Å². The number of rotatable bonds is 7. The summed E-state index contributed by atoms with van der Waals surface area (Å²) in [6.45, 7) is 8.73. The van der Waals surface area contributed by atoms with Gasteiger partial charge in [0.2, 0.25) is 0 Å². The van der Waals surface area contributed by atoms with Crippen molar-refractivity contribution in [2.75, 3.05) is 7.05 Å². The molecule has 0 saturated carbocycles. The lowest BCUT2D eigenvalue weighted by atomic mass is 10.0. The van der Waals surface area contributed by atoms with Gasteiger partial charge in [-0.05, 0) is 69.7 Å². The number of nitrogens with one attached hydrogen (secondary N) is 1. The predicted octanol–water partition coefficient (Wildman–Crippen LogP) is 5.83. The van der Waals surface area contributed by atoms with Crippen LogP contribution in [0.2, 0.25) is 0 Å². The fraction of sp³-hybridized carbons (Fsp3) is 0.308. The van der Waals surface area contributed by atoms with Crippen LogP contribution in [0, 0.1) is 5.82 Å². The van der Waals surface area contributed by atoms with Crippen LogP contribution in [0.3, 0.4) is 0 Å². The molecule has 0 saturated heterocycles. The van der Waals surface area contributed by atoms with E-state index in [0.29, 0.717) is 40.2 Å². The summed E-state index contributed by atoms with van der Waals surface area (Å²) in [7, 11) is 1.57. The third-order valence-corrected chi connectivity index (χ3v) is 5.48. The molecule has 0 fully saturated rings. The molecular formula is C26H28FN3O3. The number of aryl methyl sites for hydroxylation is 2. The maximum atomic E-state index is 13.5. The molecule has 7 heteroatoms. The molecule has 0 aliphatic heterocycles. The van der Waals surface area contributed by atoms with Crippen molar-refractivity contribution in [3.63, 3.8) is 0 Å². The molecule has 33 heavy (non-hydrogen) atoms. The van der Waals surface area contributed by atoms with Gasteiger partial charge in [-0.2, -0.15) is 5.10 Å². The second kappa shape index (κ2) is 9.10. The van der Waals surface area contributed by atoms with E-state index in [-0.39, 0.29) is 17.8 Å². The van der Waals surface area contributed by atoms with Gasteiger partial charge in [-0.25, -0.2) is 4.39 Å². The van der Waals surface area contributed by atoms with Gasteiger partial charge in [0.1, 0.15) is 22.9 Å². The summed E-state index contributed by atoms with van der Waals surface area (Å²) in [5, 5.41) is 7.99. The zero-order chi connectivity index (χ0) is 23.7. The van der Waals surface area contributed by atoms with E-state index in [1.165, 1.54) is 12.1 Å². The molecule has 1 N–H and O–H groups in total. The number of nitrogens with zero attached hydrogens (tertiary/aromatic N) is 2. The predicted molar refractivity (Wildman–Crippen MR) is 127 cm³/mol. The molecule has 4 aromatic rings. The second-order valence-corrected chi connectivity index (χ2v) is 8.09. The van der Waals surface area contributed by atoms with E-state index in [0.717, 1.165) is 23.4 Å². The summed E-state index contributed by atoms with van der Waals surface area (Å²) >= 11 is 0. The molecule has 172 valence electrons. The molecule has 0 atom stereocenters. The highest BCUT2D eigenvalue weighted by atomic mass is 19.1. The molecule has 0 unspecified atom stereocenters. The minimum Gasteiger partial charge on any atom is -0.490 e. The fourth-order valence-electron chi connectivity index (χ4n) is 3.93. The first-order valence-corrected chi connectivity index (χ1v) is 11.2. The lowest BCUT2D eigenvalue weighted by Gasteiger charge is -2.15. The average Bonchev–Trinajstić information content (AvgIpc) is 3.39. The van der Waals surface area contributed by atoms with Crippen LogP contribution in [-0.2, 0) is 13.0 Å². The summed E-state index contributed by atoms with van der Waals surface area (Å²) in [4.78, 5) is 12.9. The molecule has 0 spiro atoms. The van der Waals surface area contributed by atoms with Crippen LogP contribution in [0.15, 0.2) is 46.9 Å². The minimum absolute atomic E-state index is 0.0724. The number of ether oxygens (including phenoxy) is 1. The smallest absolute Gasteiger partial charge is 0.255 e. The summed E-state index contributed by atoms with van der Waals surface area (Å²) in [5.41, 5.74) is 4.30. The monoisotopic (exact) mass is 449 g/mol. The molecule has 0 aliphatic rings. The zero-order valence-corrected chi connectivity index (χ0v) is 19.5. The van der Waals surface area contributed by atoms with Crippen LogP contribution in [0.4, 0.5) is 4.39 Å². The lowest BCUT2D eigenvalue weighted by molar-refractivity contribution is 0.0964. The van der Waals surface area contributed by atoms with Crippen LogP contribution in [-0.4, -0.2) is 28.8 Å². The molecule has 1 amide bonds. The Morgan fingerprint density at radius 3 is 2.52 bits per heavy atom. The molecule has 2 aromatic heterocycles. The highest BCUT2D eigenvalue weighted by Gasteiger charge is 2.25. The number of fused-ring (bicyclic) bond motifs is 1. The van der Waals surface area contributed by atoms with Gasteiger partial charge in [0.25, 0.3) is 5.91 Å². The first-order chi connectivity index (χ1) is 15.9. The third kappa shape index (κ3) is 4.23. The van der Waals surface area contributed by atoms with Gasteiger partial charge in [-0.3, -0.25) is 9.48 Å². The van der Waals surface area contributed by atoms with Crippen LogP contribution in [0.1, 0.15) is 43.7 Å². The average molecular weight is 450 g/mol. The van der Waals surface area contributed by atoms with Gasteiger partial charge < -0.3 is 14.5 Å². The van der Waals surface area contributed by atoms with Crippen molar-refractivity contribution in [1.29, 1.82) is 0 Å². The van der Waals surface area contributed by atoms with Crippen molar-refractivity contribution in [1.82, 2.24) is 15.1 Å². The first-order valence-electron chi connectivity index (χ1n) is 11.2. The molecule has 4 rings (SSSR count). The Hall–Kier alpha value is -3.61. The minimum atomic E-state index is -0.356. The zero-order valence-electron chi connectivity index (χ0n) is 19.5. The van der Waals surface area contributed by atoms with E-state index in [1.54, 1.807) is 19.2 Å². The van der Waals surface area contributed by atoms with E-state index in [2.05, 4.69) is 23.4 Å². The van der Waals surface area contributed by atoms with E-state index in [4.69, 9.17) is 9.15 Å².